The summed E-state index contributed by atoms with van der Waals surface area (Å²) < 4.78 is 5.46. The Kier molecular flexibility index (Phi) is 4.59. The summed E-state index contributed by atoms with van der Waals surface area (Å²) in [6.45, 7) is 5.38. The van der Waals surface area contributed by atoms with Crippen LogP contribution >= 0.6 is 0 Å². The number of carbonyl (C=O) groups excluding carboxylic acids is 1. The van der Waals surface area contributed by atoms with Crippen molar-refractivity contribution in [3.63, 3.8) is 0 Å². The molecule has 0 bridgehead atoms. The van der Waals surface area contributed by atoms with E-state index in [2.05, 4.69) is 40.0 Å². The quantitative estimate of drug-likeness (QED) is 0.675. The summed E-state index contributed by atoms with van der Waals surface area (Å²) >= 11 is 0. The first-order valence-corrected chi connectivity index (χ1v) is 10.5. The van der Waals surface area contributed by atoms with E-state index in [-0.39, 0.29) is 11.2 Å². The molecule has 1 aliphatic heterocycles. The predicted molar refractivity (Wildman–Crippen MR) is 113 cm³/mol. The number of ketones is 1. The summed E-state index contributed by atoms with van der Waals surface area (Å²) in [4.78, 5) is 28.1. The Morgan fingerprint density at radius 3 is 2.79 bits per heavy atom. The molecule has 150 valence electrons. The molecule has 1 saturated carbocycles. The van der Waals surface area contributed by atoms with Crippen molar-refractivity contribution in [2.75, 3.05) is 31.2 Å². The molecule has 0 unspecified atom stereocenters. The zero-order valence-corrected chi connectivity index (χ0v) is 16.8. The molecule has 1 aromatic carbocycles. The number of hydrogen-bond acceptors (Lipinski definition) is 5. The maximum atomic E-state index is 13.2. The number of morpholine rings is 1. The summed E-state index contributed by atoms with van der Waals surface area (Å²) in [6, 6.07) is 8.36. The van der Waals surface area contributed by atoms with Gasteiger partial charge in [0.25, 0.3) is 0 Å². The fourth-order valence-corrected chi connectivity index (χ4v) is 4.59. The highest BCUT2D eigenvalue weighted by molar-refractivity contribution is 6.08. The molecular weight excluding hydrogens is 364 g/mol. The Morgan fingerprint density at radius 2 is 2.00 bits per heavy atom. The van der Waals surface area contributed by atoms with Gasteiger partial charge in [-0.05, 0) is 25.0 Å². The van der Waals surface area contributed by atoms with E-state index in [1.165, 1.54) is 0 Å². The van der Waals surface area contributed by atoms with Gasteiger partial charge in [-0.2, -0.15) is 0 Å². The van der Waals surface area contributed by atoms with Crippen molar-refractivity contribution in [2.24, 2.45) is 5.41 Å². The van der Waals surface area contributed by atoms with Gasteiger partial charge in [0.1, 0.15) is 5.52 Å². The number of hydrogen-bond donors (Lipinski definition) is 1. The first kappa shape index (κ1) is 18.3. The molecule has 2 aliphatic rings. The van der Waals surface area contributed by atoms with Crippen LogP contribution in [0.15, 0.2) is 36.7 Å². The SMILES string of the molecule is CC1(C(=O)c2c[nH]c3ncc(-c4cccc(N5CCOCC5)c4)nc23)CCCC1. The summed E-state index contributed by atoms with van der Waals surface area (Å²) in [7, 11) is 0. The summed E-state index contributed by atoms with van der Waals surface area (Å²) in [5, 5.41) is 0. The lowest BCUT2D eigenvalue weighted by atomic mass is 9.81. The van der Waals surface area contributed by atoms with Crippen LogP contribution in [0.3, 0.4) is 0 Å². The molecule has 0 amide bonds. The molecule has 29 heavy (non-hydrogen) atoms. The Labute approximate surface area is 170 Å². The van der Waals surface area contributed by atoms with E-state index < -0.39 is 0 Å². The van der Waals surface area contributed by atoms with Crippen molar-refractivity contribution in [1.82, 2.24) is 15.0 Å². The van der Waals surface area contributed by atoms with E-state index in [1.807, 2.05) is 6.07 Å². The van der Waals surface area contributed by atoms with Crippen LogP contribution in [0.5, 0.6) is 0 Å². The Bertz CT molecular complexity index is 1050. The minimum atomic E-state index is -0.275. The highest BCUT2D eigenvalue weighted by Crippen LogP contribution is 2.41. The molecule has 5 rings (SSSR count). The van der Waals surface area contributed by atoms with Gasteiger partial charge in [0.2, 0.25) is 0 Å². The average Bonchev–Trinajstić information content (AvgIpc) is 3.40. The number of carbonyl (C=O) groups is 1. The highest BCUT2D eigenvalue weighted by atomic mass is 16.5. The van der Waals surface area contributed by atoms with Crippen molar-refractivity contribution in [3.05, 3.63) is 42.2 Å². The van der Waals surface area contributed by atoms with Crippen LogP contribution in [0.4, 0.5) is 5.69 Å². The monoisotopic (exact) mass is 390 g/mol. The van der Waals surface area contributed by atoms with Crippen LogP contribution in [0, 0.1) is 5.41 Å². The van der Waals surface area contributed by atoms with Crippen LogP contribution in [-0.4, -0.2) is 47.0 Å². The lowest BCUT2D eigenvalue weighted by Gasteiger charge is -2.29. The molecular formula is C23H26N4O2. The second-order valence-corrected chi connectivity index (χ2v) is 8.40. The van der Waals surface area contributed by atoms with Gasteiger partial charge in [-0.3, -0.25) is 4.79 Å². The number of H-pyrrole nitrogens is 1. The van der Waals surface area contributed by atoms with Gasteiger partial charge in [-0.1, -0.05) is 31.9 Å². The molecule has 6 nitrogen and oxygen atoms in total. The van der Waals surface area contributed by atoms with Crippen LogP contribution < -0.4 is 4.90 Å². The standard InChI is InChI=1S/C23H26N4O2/c1-23(7-2-3-8-23)21(28)18-14-24-22-20(18)26-19(15-25-22)16-5-4-6-17(13-16)27-9-11-29-12-10-27/h4-6,13-15H,2-3,7-12H2,1H3,(H,24,25). The van der Waals surface area contributed by atoms with E-state index in [0.29, 0.717) is 16.7 Å². The van der Waals surface area contributed by atoms with Crippen LogP contribution in [0.25, 0.3) is 22.4 Å². The average molecular weight is 390 g/mol. The van der Waals surface area contributed by atoms with Crippen molar-refractivity contribution in [3.8, 4) is 11.3 Å². The first-order chi connectivity index (χ1) is 14.1. The van der Waals surface area contributed by atoms with E-state index in [1.54, 1.807) is 12.4 Å². The van der Waals surface area contributed by atoms with E-state index >= 15 is 0 Å². The molecule has 1 saturated heterocycles. The largest absolute Gasteiger partial charge is 0.378 e. The number of benzene rings is 1. The summed E-state index contributed by atoms with van der Waals surface area (Å²) in [5.41, 5.74) is 4.70. The van der Waals surface area contributed by atoms with E-state index in [0.717, 1.165) is 68.9 Å². The molecule has 1 aliphatic carbocycles. The molecule has 2 aromatic heterocycles. The zero-order valence-electron chi connectivity index (χ0n) is 16.8. The molecule has 2 fully saturated rings. The molecule has 0 atom stereocenters. The number of fused-ring (bicyclic) bond motifs is 1. The maximum absolute atomic E-state index is 13.2. The minimum Gasteiger partial charge on any atom is -0.378 e. The number of aromatic amines is 1. The number of nitrogens with one attached hydrogen (secondary N) is 1. The highest BCUT2D eigenvalue weighted by Gasteiger charge is 2.38. The van der Waals surface area contributed by atoms with Crippen LogP contribution in [0.1, 0.15) is 43.0 Å². The number of Topliss-reactive ketones (excluding diaryl/α,β-unsaturated/α-hetero) is 1. The smallest absolute Gasteiger partial charge is 0.172 e. The third-order valence-electron chi connectivity index (χ3n) is 6.40. The Morgan fingerprint density at radius 1 is 1.21 bits per heavy atom. The molecule has 0 spiro atoms. The zero-order chi connectivity index (χ0) is 19.8. The second-order valence-electron chi connectivity index (χ2n) is 8.40. The third kappa shape index (κ3) is 3.31. The number of anilines is 1. The number of aromatic nitrogens is 3. The maximum Gasteiger partial charge on any atom is 0.172 e. The lowest BCUT2D eigenvalue weighted by molar-refractivity contribution is 0.0825. The summed E-state index contributed by atoms with van der Waals surface area (Å²) in [6.07, 6.45) is 7.71. The fourth-order valence-electron chi connectivity index (χ4n) is 4.59. The minimum absolute atomic E-state index is 0.190. The topological polar surface area (TPSA) is 71.1 Å². The molecule has 3 heterocycles. The number of ether oxygens (including phenoxy) is 1. The number of nitrogens with zero attached hydrogens (tertiary/aromatic N) is 3. The van der Waals surface area contributed by atoms with E-state index in [9.17, 15) is 4.79 Å². The van der Waals surface area contributed by atoms with Crippen LogP contribution in [-0.2, 0) is 4.74 Å². The lowest BCUT2D eigenvalue weighted by Crippen LogP contribution is -2.36. The molecule has 3 aromatic rings. The Balaban J connectivity index is 1.51. The first-order valence-electron chi connectivity index (χ1n) is 10.5. The van der Waals surface area contributed by atoms with Gasteiger partial charge in [0, 0.05) is 36.0 Å². The second kappa shape index (κ2) is 7.26. The normalized spacial score (nSPS) is 19.0. The Hall–Kier alpha value is -2.73. The molecule has 0 radical (unpaired) electrons. The van der Waals surface area contributed by atoms with Gasteiger partial charge < -0.3 is 14.6 Å². The van der Waals surface area contributed by atoms with Crippen LogP contribution in [0.2, 0.25) is 0 Å². The van der Waals surface area contributed by atoms with Gasteiger partial charge >= 0.3 is 0 Å². The third-order valence-corrected chi connectivity index (χ3v) is 6.40. The fraction of sp³-hybridized carbons (Fsp3) is 0.435. The van der Waals surface area contributed by atoms with Gasteiger partial charge in [0.05, 0.1) is 30.7 Å². The van der Waals surface area contributed by atoms with Crippen molar-refractivity contribution in [2.45, 2.75) is 32.6 Å². The van der Waals surface area contributed by atoms with Gasteiger partial charge in [0.15, 0.2) is 11.4 Å². The van der Waals surface area contributed by atoms with Crippen molar-refractivity contribution >= 4 is 22.6 Å². The van der Waals surface area contributed by atoms with Gasteiger partial charge in [-0.25, -0.2) is 9.97 Å². The van der Waals surface area contributed by atoms with Crippen molar-refractivity contribution in [1.29, 1.82) is 0 Å². The number of rotatable bonds is 4. The van der Waals surface area contributed by atoms with Gasteiger partial charge in [-0.15, -0.1) is 0 Å². The molecule has 1 N–H and O–H groups in total. The molecule has 6 heteroatoms. The predicted octanol–water partition coefficient (Wildman–Crippen LogP) is 4.22. The van der Waals surface area contributed by atoms with Crippen molar-refractivity contribution < 1.29 is 9.53 Å². The summed E-state index contributed by atoms with van der Waals surface area (Å²) in [5.74, 6) is 0.190. The van der Waals surface area contributed by atoms with E-state index in [4.69, 9.17) is 9.72 Å².